The molecule has 1 aromatic heterocycles. The van der Waals surface area contributed by atoms with Gasteiger partial charge in [0.15, 0.2) is 5.78 Å². The Labute approximate surface area is 65.6 Å². The highest BCUT2D eigenvalue weighted by atomic mass is 16.1. The van der Waals surface area contributed by atoms with Crippen LogP contribution >= 0.6 is 0 Å². The number of carbonyl (C=O) groups is 1. The lowest BCUT2D eigenvalue weighted by Crippen LogP contribution is -1.97. The predicted molar refractivity (Wildman–Crippen MR) is 43.1 cm³/mol. The number of hydrogen-bond acceptors (Lipinski definition) is 2. The molecule has 0 saturated carbocycles. The fourth-order valence-corrected chi connectivity index (χ4v) is 0.776. The second-order valence-electron chi connectivity index (χ2n) is 2.21. The van der Waals surface area contributed by atoms with Gasteiger partial charge in [-0.1, -0.05) is 12.6 Å². The van der Waals surface area contributed by atoms with E-state index in [4.69, 9.17) is 0 Å². The molecule has 11 heavy (non-hydrogen) atoms. The van der Waals surface area contributed by atoms with Crippen molar-refractivity contribution in [3.05, 3.63) is 42.7 Å². The molecule has 0 radical (unpaired) electrons. The van der Waals surface area contributed by atoms with Crippen LogP contribution in [0.25, 0.3) is 0 Å². The summed E-state index contributed by atoms with van der Waals surface area (Å²) >= 11 is 0. The van der Waals surface area contributed by atoms with Crippen LogP contribution in [0.4, 0.5) is 0 Å². The Kier molecular flexibility index (Phi) is 2.55. The Morgan fingerprint density at radius 1 is 1.73 bits per heavy atom. The summed E-state index contributed by atoms with van der Waals surface area (Å²) in [5.41, 5.74) is 0.928. The second kappa shape index (κ2) is 3.66. The molecule has 0 aliphatic carbocycles. The minimum Gasteiger partial charge on any atom is -0.295 e. The summed E-state index contributed by atoms with van der Waals surface area (Å²) in [6, 6.07) is 3.68. The zero-order valence-electron chi connectivity index (χ0n) is 6.16. The molecule has 0 spiro atoms. The molecule has 0 atom stereocenters. The van der Waals surface area contributed by atoms with Crippen LogP contribution in [0.15, 0.2) is 37.2 Å². The smallest absolute Gasteiger partial charge is 0.159 e. The average Bonchev–Trinajstić information content (AvgIpc) is 2.06. The van der Waals surface area contributed by atoms with Gasteiger partial charge in [-0.25, -0.2) is 0 Å². The summed E-state index contributed by atoms with van der Waals surface area (Å²) in [5.74, 6) is 0.0259. The van der Waals surface area contributed by atoms with Gasteiger partial charge in [0.25, 0.3) is 0 Å². The molecule has 0 N–H and O–H groups in total. The number of carbonyl (C=O) groups excluding carboxylic acids is 1. The number of hydrogen-bond donors (Lipinski definition) is 0. The molecule has 2 heteroatoms. The van der Waals surface area contributed by atoms with Gasteiger partial charge in [0, 0.05) is 18.8 Å². The summed E-state index contributed by atoms with van der Waals surface area (Å²) in [7, 11) is 0. The summed E-state index contributed by atoms with van der Waals surface area (Å²) in [4.78, 5) is 14.7. The van der Waals surface area contributed by atoms with Gasteiger partial charge >= 0.3 is 0 Å². The first-order chi connectivity index (χ1) is 5.33. The van der Waals surface area contributed by atoms with Gasteiger partial charge in [-0.15, -0.1) is 0 Å². The number of ketones is 1. The summed E-state index contributed by atoms with van der Waals surface area (Å²) in [5, 5.41) is 0. The highest BCUT2D eigenvalue weighted by molar-refractivity contribution is 5.90. The van der Waals surface area contributed by atoms with Crippen molar-refractivity contribution >= 4 is 5.78 Å². The second-order valence-corrected chi connectivity index (χ2v) is 2.21. The lowest BCUT2D eigenvalue weighted by molar-refractivity contribution is -0.114. The lowest BCUT2D eigenvalue weighted by atomic mass is 10.1. The number of allylic oxidation sites excluding steroid dienone is 1. The van der Waals surface area contributed by atoms with Crippen LogP contribution in [0.3, 0.4) is 0 Å². The summed E-state index contributed by atoms with van der Waals surface area (Å²) < 4.78 is 0. The minimum absolute atomic E-state index is 0.0259. The predicted octanol–water partition coefficient (Wildman–Crippen LogP) is 1.38. The normalized spacial score (nSPS) is 9.09. The zero-order valence-corrected chi connectivity index (χ0v) is 6.16. The maximum absolute atomic E-state index is 10.8. The van der Waals surface area contributed by atoms with E-state index >= 15 is 0 Å². The van der Waals surface area contributed by atoms with Crippen molar-refractivity contribution in [2.24, 2.45) is 0 Å². The monoisotopic (exact) mass is 147 g/mol. The molecule has 0 saturated heterocycles. The topological polar surface area (TPSA) is 30.0 Å². The van der Waals surface area contributed by atoms with Gasteiger partial charge in [-0.3, -0.25) is 9.78 Å². The highest BCUT2D eigenvalue weighted by Gasteiger charge is 1.96. The Bertz CT molecular complexity index is 254. The van der Waals surface area contributed by atoms with Gasteiger partial charge in [0.05, 0.1) is 0 Å². The third kappa shape index (κ3) is 2.34. The molecule has 0 aliphatic heterocycles. The first-order valence-corrected chi connectivity index (χ1v) is 3.37. The first-order valence-electron chi connectivity index (χ1n) is 3.37. The third-order valence-corrected chi connectivity index (χ3v) is 1.33. The van der Waals surface area contributed by atoms with Crippen LogP contribution in [-0.4, -0.2) is 10.8 Å². The van der Waals surface area contributed by atoms with Crippen molar-refractivity contribution in [3.63, 3.8) is 0 Å². The quantitative estimate of drug-likeness (QED) is 0.604. The number of nitrogens with zero attached hydrogens (tertiary/aromatic N) is 1. The lowest BCUT2D eigenvalue weighted by Gasteiger charge is -1.93. The van der Waals surface area contributed by atoms with E-state index in [-0.39, 0.29) is 5.78 Å². The van der Waals surface area contributed by atoms with E-state index in [1.54, 1.807) is 12.4 Å². The van der Waals surface area contributed by atoms with Crippen molar-refractivity contribution in [2.75, 3.05) is 0 Å². The molecule has 1 heterocycles. The van der Waals surface area contributed by atoms with Crippen LogP contribution in [0.2, 0.25) is 0 Å². The summed E-state index contributed by atoms with van der Waals surface area (Å²) in [6.07, 6.45) is 5.09. The van der Waals surface area contributed by atoms with Gasteiger partial charge < -0.3 is 0 Å². The van der Waals surface area contributed by atoms with Crippen LogP contribution in [0.1, 0.15) is 5.56 Å². The molecule has 1 rings (SSSR count). The van der Waals surface area contributed by atoms with E-state index in [9.17, 15) is 4.79 Å². The largest absolute Gasteiger partial charge is 0.295 e. The molecular formula is C9H9NO. The fourth-order valence-electron chi connectivity index (χ4n) is 0.776. The van der Waals surface area contributed by atoms with Gasteiger partial charge in [-0.05, 0) is 17.7 Å². The molecule has 56 valence electrons. The van der Waals surface area contributed by atoms with Crippen molar-refractivity contribution < 1.29 is 4.79 Å². The Balaban J connectivity index is 2.65. The van der Waals surface area contributed by atoms with Crippen LogP contribution in [0, 0.1) is 0 Å². The van der Waals surface area contributed by atoms with Crippen LogP contribution in [0.5, 0.6) is 0 Å². The van der Waals surface area contributed by atoms with Crippen molar-refractivity contribution in [1.29, 1.82) is 0 Å². The SMILES string of the molecule is C=CC(=O)Cc1cccnc1. The molecule has 0 amide bonds. The highest BCUT2D eigenvalue weighted by Crippen LogP contribution is 1.97. The van der Waals surface area contributed by atoms with Crippen LogP contribution in [-0.2, 0) is 11.2 Å². The molecule has 0 unspecified atom stereocenters. The van der Waals surface area contributed by atoms with E-state index in [0.29, 0.717) is 6.42 Å². The van der Waals surface area contributed by atoms with Crippen molar-refractivity contribution in [3.8, 4) is 0 Å². The fraction of sp³-hybridized carbons (Fsp3) is 0.111. The van der Waals surface area contributed by atoms with E-state index in [1.165, 1.54) is 6.08 Å². The van der Waals surface area contributed by atoms with E-state index in [1.807, 2.05) is 12.1 Å². The standard InChI is InChI=1S/C9H9NO/c1-2-9(11)6-8-4-3-5-10-7-8/h2-5,7H,1,6H2. The Morgan fingerprint density at radius 2 is 2.55 bits per heavy atom. The van der Waals surface area contributed by atoms with Crippen molar-refractivity contribution in [1.82, 2.24) is 4.98 Å². The number of rotatable bonds is 3. The molecular weight excluding hydrogens is 138 g/mol. The van der Waals surface area contributed by atoms with Gasteiger partial charge in [0.2, 0.25) is 0 Å². The molecule has 2 nitrogen and oxygen atoms in total. The molecule has 0 aromatic carbocycles. The zero-order chi connectivity index (χ0) is 8.10. The van der Waals surface area contributed by atoms with E-state index in [2.05, 4.69) is 11.6 Å². The molecule has 0 bridgehead atoms. The average molecular weight is 147 g/mol. The maximum atomic E-state index is 10.8. The number of aromatic nitrogens is 1. The van der Waals surface area contributed by atoms with E-state index < -0.39 is 0 Å². The number of pyridine rings is 1. The van der Waals surface area contributed by atoms with Crippen molar-refractivity contribution in [2.45, 2.75) is 6.42 Å². The molecule has 0 fully saturated rings. The maximum Gasteiger partial charge on any atom is 0.159 e. The first kappa shape index (κ1) is 7.66. The minimum atomic E-state index is 0.0259. The van der Waals surface area contributed by atoms with Gasteiger partial charge in [-0.2, -0.15) is 0 Å². The van der Waals surface area contributed by atoms with E-state index in [0.717, 1.165) is 5.56 Å². The third-order valence-electron chi connectivity index (χ3n) is 1.33. The van der Waals surface area contributed by atoms with Crippen LogP contribution < -0.4 is 0 Å². The summed E-state index contributed by atoms with van der Waals surface area (Å²) in [6.45, 7) is 3.39. The Hall–Kier alpha value is -1.44. The molecule has 0 aliphatic rings. The Morgan fingerprint density at radius 3 is 3.09 bits per heavy atom. The molecule has 1 aromatic rings. The van der Waals surface area contributed by atoms with Gasteiger partial charge in [0.1, 0.15) is 0 Å².